The molecule has 1 aromatic carbocycles. The highest BCUT2D eigenvalue weighted by Crippen LogP contribution is 2.21. The summed E-state index contributed by atoms with van der Waals surface area (Å²) in [6.45, 7) is 0.729. The molecule has 0 saturated carbocycles. The molecule has 0 aliphatic rings. The number of carbonyl (C=O) groups is 1. The molecule has 0 bridgehead atoms. The van der Waals surface area contributed by atoms with Crippen LogP contribution in [0.2, 0.25) is 0 Å². The van der Waals surface area contributed by atoms with Crippen molar-refractivity contribution in [3.8, 4) is 0 Å². The maximum Gasteiger partial charge on any atom is 0.251 e. The van der Waals surface area contributed by atoms with E-state index in [1.54, 1.807) is 30.5 Å². The molecule has 0 atom stereocenters. The van der Waals surface area contributed by atoms with Crippen LogP contribution in [0.25, 0.3) is 0 Å². The summed E-state index contributed by atoms with van der Waals surface area (Å²) in [7, 11) is 1.60. The first-order chi connectivity index (χ1) is 8.70. The zero-order valence-corrected chi connectivity index (χ0v) is 10.9. The Morgan fingerprint density at radius 2 is 2.22 bits per heavy atom. The van der Waals surface area contributed by atoms with Crippen LogP contribution < -0.4 is 16.4 Å². The molecule has 1 heterocycles. The summed E-state index contributed by atoms with van der Waals surface area (Å²) in [6.07, 6.45) is 0. The van der Waals surface area contributed by atoms with Crippen molar-refractivity contribution in [3.63, 3.8) is 0 Å². The second-order valence-electron chi connectivity index (χ2n) is 3.87. The van der Waals surface area contributed by atoms with Crippen molar-refractivity contribution in [2.75, 3.05) is 18.1 Å². The topological polar surface area (TPSA) is 67.2 Å². The summed E-state index contributed by atoms with van der Waals surface area (Å²) in [6, 6.07) is 7.32. The average Bonchev–Trinajstić information content (AvgIpc) is 2.89. The lowest BCUT2D eigenvalue weighted by atomic mass is 10.1. The van der Waals surface area contributed by atoms with Gasteiger partial charge in [0.25, 0.3) is 5.91 Å². The molecule has 1 aromatic heterocycles. The SMILES string of the molecule is CNC(=O)c1ccc(NCc2ccsc2)c(N)c1. The fourth-order valence-electron chi connectivity index (χ4n) is 1.60. The number of anilines is 2. The Morgan fingerprint density at radius 3 is 2.83 bits per heavy atom. The van der Waals surface area contributed by atoms with Crippen LogP contribution in [-0.4, -0.2) is 13.0 Å². The molecule has 2 rings (SSSR count). The summed E-state index contributed by atoms with van der Waals surface area (Å²) < 4.78 is 0. The fraction of sp³-hybridized carbons (Fsp3) is 0.154. The Bertz CT molecular complexity index is 537. The molecular weight excluding hydrogens is 246 g/mol. The quantitative estimate of drug-likeness (QED) is 0.740. The number of nitrogen functional groups attached to an aromatic ring is 1. The van der Waals surface area contributed by atoms with Gasteiger partial charge in [0.1, 0.15) is 0 Å². The standard InChI is InChI=1S/C13H15N3OS/c1-15-13(17)10-2-3-12(11(14)6-10)16-7-9-4-5-18-8-9/h2-6,8,16H,7,14H2,1H3,(H,15,17). The normalized spacial score (nSPS) is 10.1. The molecule has 94 valence electrons. The molecule has 2 aromatic rings. The van der Waals surface area contributed by atoms with E-state index >= 15 is 0 Å². The molecule has 5 heteroatoms. The zero-order chi connectivity index (χ0) is 13.0. The van der Waals surface area contributed by atoms with E-state index in [-0.39, 0.29) is 5.91 Å². The van der Waals surface area contributed by atoms with Gasteiger partial charge in [-0.3, -0.25) is 4.79 Å². The summed E-state index contributed by atoms with van der Waals surface area (Å²) >= 11 is 1.66. The molecule has 0 saturated heterocycles. The number of rotatable bonds is 4. The van der Waals surface area contributed by atoms with Gasteiger partial charge < -0.3 is 16.4 Å². The van der Waals surface area contributed by atoms with Gasteiger partial charge in [-0.2, -0.15) is 11.3 Å². The first-order valence-electron chi connectivity index (χ1n) is 5.57. The lowest BCUT2D eigenvalue weighted by Crippen LogP contribution is -2.18. The first-order valence-corrected chi connectivity index (χ1v) is 6.51. The zero-order valence-electron chi connectivity index (χ0n) is 10.1. The maximum absolute atomic E-state index is 11.4. The van der Waals surface area contributed by atoms with Crippen LogP contribution >= 0.6 is 11.3 Å². The molecule has 18 heavy (non-hydrogen) atoms. The Kier molecular flexibility index (Phi) is 3.84. The molecule has 0 fully saturated rings. The van der Waals surface area contributed by atoms with Crippen molar-refractivity contribution in [2.45, 2.75) is 6.54 Å². The number of benzene rings is 1. The van der Waals surface area contributed by atoms with Gasteiger partial charge in [0.2, 0.25) is 0 Å². The minimum atomic E-state index is -0.133. The van der Waals surface area contributed by atoms with Crippen molar-refractivity contribution >= 4 is 28.6 Å². The summed E-state index contributed by atoms with van der Waals surface area (Å²) in [5.41, 5.74) is 9.11. The predicted octanol–water partition coefficient (Wildman–Crippen LogP) is 2.30. The maximum atomic E-state index is 11.4. The number of amides is 1. The van der Waals surface area contributed by atoms with Gasteiger partial charge in [-0.1, -0.05) is 0 Å². The molecule has 4 nitrogen and oxygen atoms in total. The molecule has 0 radical (unpaired) electrons. The van der Waals surface area contributed by atoms with Crippen LogP contribution in [0.5, 0.6) is 0 Å². The van der Waals surface area contributed by atoms with Gasteiger partial charge >= 0.3 is 0 Å². The van der Waals surface area contributed by atoms with E-state index < -0.39 is 0 Å². The van der Waals surface area contributed by atoms with Crippen LogP contribution in [-0.2, 0) is 6.54 Å². The highest BCUT2D eigenvalue weighted by Gasteiger charge is 2.06. The van der Waals surface area contributed by atoms with E-state index in [0.29, 0.717) is 11.3 Å². The van der Waals surface area contributed by atoms with Crippen LogP contribution in [0.4, 0.5) is 11.4 Å². The van der Waals surface area contributed by atoms with Crippen molar-refractivity contribution in [3.05, 3.63) is 46.2 Å². The van der Waals surface area contributed by atoms with Crippen molar-refractivity contribution in [2.24, 2.45) is 0 Å². The minimum absolute atomic E-state index is 0.133. The third kappa shape index (κ3) is 2.81. The molecule has 0 spiro atoms. The number of thiophene rings is 1. The number of nitrogens with one attached hydrogen (secondary N) is 2. The average molecular weight is 261 g/mol. The van der Waals surface area contributed by atoms with Crippen molar-refractivity contribution in [1.29, 1.82) is 0 Å². The highest BCUT2D eigenvalue weighted by molar-refractivity contribution is 7.07. The molecular formula is C13H15N3OS. The highest BCUT2D eigenvalue weighted by atomic mass is 32.1. The second kappa shape index (κ2) is 5.55. The number of hydrogen-bond acceptors (Lipinski definition) is 4. The third-order valence-corrected chi connectivity index (χ3v) is 3.34. The molecule has 0 aliphatic heterocycles. The fourth-order valence-corrected chi connectivity index (χ4v) is 2.27. The molecule has 0 aliphatic carbocycles. The van der Waals surface area contributed by atoms with Gasteiger partial charge in [-0.25, -0.2) is 0 Å². The van der Waals surface area contributed by atoms with E-state index in [1.165, 1.54) is 5.56 Å². The Hall–Kier alpha value is -2.01. The number of carbonyl (C=O) groups excluding carboxylic acids is 1. The third-order valence-electron chi connectivity index (χ3n) is 2.60. The second-order valence-corrected chi connectivity index (χ2v) is 4.65. The smallest absolute Gasteiger partial charge is 0.251 e. The largest absolute Gasteiger partial charge is 0.397 e. The van der Waals surface area contributed by atoms with E-state index in [4.69, 9.17) is 5.73 Å². The Balaban J connectivity index is 2.08. The summed E-state index contributed by atoms with van der Waals surface area (Å²) in [4.78, 5) is 11.4. The van der Waals surface area contributed by atoms with E-state index in [2.05, 4.69) is 22.1 Å². The van der Waals surface area contributed by atoms with Crippen molar-refractivity contribution in [1.82, 2.24) is 5.32 Å². The van der Waals surface area contributed by atoms with Crippen LogP contribution in [0.1, 0.15) is 15.9 Å². The van der Waals surface area contributed by atoms with Gasteiger partial charge in [0.05, 0.1) is 11.4 Å². The van der Waals surface area contributed by atoms with Crippen LogP contribution in [0.3, 0.4) is 0 Å². The lowest BCUT2D eigenvalue weighted by Gasteiger charge is -2.10. The molecule has 1 amide bonds. The van der Waals surface area contributed by atoms with Crippen LogP contribution in [0, 0.1) is 0 Å². The van der Waals surface area contributed by atoms with Crippen molar-refractivity contribution < 1.29 is 4.79 Å². The van der Waals surface area contributed by atoms with Gasteiger partial charge in [-0.15, -0.1) is 0 Å². The van der Waals surface area contributed by atoms with Crippen LogP contribution in [0.15, 0.2) is 35.0 Å². The summed E-state index contributed by atoms with van der Waals surface area (Å²) in [5.74, 6) is -0.133. The first kappa shape index (κ1) is 12.4. The monoisotopic (exact) mass is 261 g/mol. The predicted molar refractivity (Wildman–Crippen MR) is 75.9 cm³/mol. The van der Waals surface area contributed by atoms with Gasteiger partial charge in [0.15, 0.2) is 0 Å². The van der Waals surface area contributed by atoms with E-state index in [9.17, 15) is 4.79 Å². The molecule has 4 N–H and O–H groups in total. The van der Waals surface area contributed by atoms with Gasteiger partial charge in [0, 0.05) is 19.2 Å². The summed E-state index contributed by atoms with van der Waals surface area (Å²) in [5, 5.41) is 9.94. The van der Waals surface area contributed by atoms with Gasteiger partial charge in [-0.05, 0) is 40.6 Å². The number of nitrogens with two attached hydrogens (primary N) is 1. The molecule has 0 unspecified atom stereocenters. The Labute approximate surface area is 110 Å². The number of hydrogen-bond donors (Lipinski definition) is 3. The lowest BCUT2D eigenvalue weighted by molar-refractivity contribution is 0.0963. The minimum Gasteiger partial charge on any atom is -0.397 e. The van der Waals surface area contributed by atoms with E-state index in [0.717, 1.165) is 12.2 Å². The Morgan fingerprint density at radius 1 is 1.39 bits per heavy atom. The van der Waals surface area contributed by atoms with E-state index in [1.807, 2.05) is 11.4 Å².